The summed E-state index contributed by atoms with van der Waals surface area (Å²) in [6, 6.07) is 14.4. The number of unbranched alkanes of at least 4 members (excludes halogenated alkanes) is 1. The molecule has 0 saturated carbocycles. The number of aromatic nitrogens is 2. The van der Waals surface area contributed by atoms with Crippen molar-refractivity contribution in [2.45, 2.75) is 44.7 Å². The van der Waals surface area contributed by atoms with E-state index in [1.165, 1.54) is 17.0 Å². The number of amides is 2. The van der Waals surface area contributed by atoms with Gasteiger partial charge in [-0.1, -0.05) is 18.2 Å². The van der Waals surface area contributed by atoms with Crippen LogP contribution in [-0.4, -0.2) is 46.9 Å². The van der Waals surface area contributed by atoms with E-state index in [0.29, 0.717) is 23.8 Å². The molecule has 2 aromatic heterocycles. The Hall–Kier alpha value is -3.13. The monoisotopic (exact) mass is 465 g/mol. The molecule has 0 radical (unpaired) electrons. The molecule has 0 spiro atoms. The number of carbonyl (C=O) groups is 2. The number of para-hydroxylation sites is 1. The van der Waals surface area contributed by atoms with Gasteiger partial charge in [-0.05, 0) is 49.9 Å². The number of carbonyl (C=O) groups excluding carboxylic acids is 2. The maximum atomic E-state index is 12.9. The lowest BCUT2D eigenvalue weighted by Gasteiger charge is -2.25. The largest absolute Gasteiger partial charge is 0.363 e. The number of nitrogens with zero attached hydrogens (tertiary/aromatic N) is 4. The molecule has 1 N–H and O–H groups in total. The molecule has 1 saturated heterocycles. The van der Waals surface area contributed by atoms with Crippen molar-refractivity contribution in [1.82, 2.24) is 14.5 Å². The van der Waals surface area contributed by atoms with Crippen molar-refractivity contribution >= 4 is 34.0 Å². The van der Waals surface area contributed by atoms with Crippen LogP contribution in [-0.2, 0) is 11.3 Å². The van der Waals surface area contributed by atoms with Gasteiger partial charge in [-0.2, -0.15) is 0 Å². The van der Waals surface area contributed by atoms with E-state index in [9.17, 15) is 9.59 Å². The summed E-state index contributed by atoms with van der Waals surface area (Å²) >= 11 is 1.47. The van der Waals surface area contributed by atoms with Crippen LogP contribution in [0.1, 0.15) is 54.3 Å². The van der Waals surface area contributed by atoms with Crippen molar-refractivity contribution in [2.75, 3.05) is 30.9 Å². The zero-order chi connectivity index (χ0) is 23.2. The van der Waals surface area contributed by atoms with E-state index in [1.54, 1.807) is 19.0 Å². The topological polar surface area (TPSA) is 70.5 Å². The van der Waals surface area contributed by atoms with Crippen LogP contribution in [0.3, 0.4) is 0 Å². The summed E-state index contributed by atoms with van der Waals surface area (Å²) in [5.74, 6) is -0.0234. The molecule has 7 nitrogen and oxygen atoms in total. The molecule has 1 aromatic carbocycles. The van der Waals surface area contributed by atoms with Crippen LogP contribution in [0.4, 0.5) is 10.8 Å². The highest BCUT2D eigenvalue weighted by Gasteiger charge is 2.28. The Morgan fingerprint density at radius 1 is 1.15 bits per heavy atom. The molecule has 1 fully saturated rings. The van der Waals surface area contributed by atoms with Crippen molar-refractivity contribution < 1.29 is 9.59 Å². The molecule has 4 rings (SSSR count). The lowest BCUT2D eigenvalue weighted by molar-refractivity contribution is -0.128. The van der Waals surface area contributed by atoms with Crippen molar-refractivity contribution in [1.29, 1.82) is 0 Å². The first kappa shape index (κ1) is 23.0. The zero-order valence-corrected chi connectivity index (χ0v) is 20.1. The minimum absolute atomic E-state index is 0.133. The molecule has 1 atom stereocenters. The Kier molecular flexibility index (Phi) is 7.44. The predicted octanol–water partition coefficient (Wildman–Crippen LogP) is 4.80. The Morgan fingerprint density at radius 3 is 2.76 bits per heavy atom. The number of thiazole rings is 1. The first-order chi connectivity index (χ1) is 16.0. The van der Waals surface area contributed by atoms with E-state index >= 15 is 0 Å². The summed E-state index contributed by atoms with van der Waals surface area (Å²) in [4.78, 5) is 33.4. The highest BCUT2D eigenvalue weighted by Crippen LogP contribution is 2.37. The minimum Gasteiger partial charge on any atom is -0.363 e. The number of anilines is 2. The maximum Gasteiger partial charge on any atom is 0.274 e. The third-order valence-corrected chi connectivity index (χ3v) is 6.80. The van der Waals surface area contributed by atoms with Gasteiger partial charge in [0.25, 0.3) is 5.91 Å². The van der Waals surface area contributed by atoms with Gasteiger partial charge in [-0.15, -0.1) is 11.3 Å². The molecule has 0 aliphatic carbocycles. The lowest BCUT2D eigenvalue weighted by atomic mass is 10.1. The van der Waals surface area contributed by atoms with Crippen LogP contribution in [0, 0.1) is 0 Å². The van der Waals surface area contributed by atoms with Gasteiger partial charge >= 0.3 is 0 Å². The fourth-order valence-electron chi connectivity index (χ4n) is 4.26. The molecule has 3 heterocycles. The average molecular weight is 466 g/mol. The van der Waals surface area contributed by atoms with Gasteiger partial charge in [0.2, 0.25) is 5.91 Å². The second-order valence-electron chi connectivity index (χ2n) is 8.55. The number of hydrogen-bond donors (Lipinski definition) is 1. The van der Waals surface area contributed by atoms with Gasteiger partial charge in [0, 0.05) is 50.9 Å². The summed E-state index contributed by atoms with van der Waals surface area (Å²) in [5.41, 5.74) is 2.83. The van der Waals surface area contributed by atoms with E-state index in [4.69, 9.17) is 4.98 Å². The number of nitrogens with one attached hydrogen (secondary N) is 1. The number of hydrogen-bond acceptors (Lipinski definition) is 5. The summed E-state index contributed by atoms with van der Waals surface area (Å²) < 4.78 is 1.94. The third kappa shape index (κ3) is 5.63. The van der Waals surface area contributed by atoms with E-state index < -0.39 is 0 Å². The summed E-state index contributed by atoms with van der Waals surface area (Å²) in [6.07, 6.45) is 6.26. The number of rotatable bonds is 9. The Balaban J connectivity index is 1.35. The Labute approximate surface area is 199 Å². The van der Waals surface area contributed by atoms with Gasteiger partial charge in [0.15, 0.2) is 5.13 Å². The highest BCUT2D eigenvalue weighted by atomic mass is 32.1. The molecule has 3 aromatic rings. The number of aryl methyl sites for hydroxylation is 1. The van der Waals surface area contributed by atoms with Gasteiger partial charge < -0.3 is 14.4 Å². The van der Waals surface area contributed by atoms with E-state index in [0.717, 1.165) is 37.9 Å². The van der Waals surface area contributed by atoms with Gasteiger partial charge in [0.1, 0.15) is 5.69 Å². The van der Waals surface area contributed by atoms with Gasteiger partial charge in [0.05, 0.1) is 11.7 Å². The first-order valence-corrected chi connectivity index (χ1v) is 12.3. The number of benzene rings is 1. The molecular weight excluding hydrogens is 434 g/mol. The molecule has 0 bridgehead atoms. The maximum absolute atomic E-state index is 12.9. The molecule has 8 heteroatoms. The molecular formula is C25H31N5O2S. The molecule has 174 valence electrons. The van der Waals surface area contributed by atoms with Crippen molar-refractivity contribution in [2.24, 2.45) is 0 Å². The van der Waals surface area contributed by atoms with Crippen LogP contribution in [0.15, 0.2) is 54.0 Å². The van der Waals surface area contributed by atoms with Crippen molar-refractivity contribution in [3.8, 4) is 0 Å². The Bertz CT molecular complexity index is 1080. The molecule has 2 amide bonds. The summed E-state index contributed by atoms with van der Waals surface area (Å²) in [7, 11) is 3.54. The van der Waals surface area contributed by atoms with Crippen LogP contribution in [0.5, 0.6) is 0 Å². The lowest BCUT2D eigenvalue weighted by Crippen LogP contribution is -2.22. The Morgan fingerprint density at radius 2 is 1.97 bits per heavy atom. The van der Waals surface area contributed by atoms with Gasteiger partial charge in [-0.25, -0.2) is 4.98 Å². The van der Waals surface area contributed by atoms with Crippen LogP contribution in [0.2, 0.25) is 0 Å². The molecule has 1 aliphatic rings. The van der Waals surface area contributed by atoms with Gasteiger partial charge in [-0.3, -0.25) is 14.9 Å². The second kappa shape index (κ2) is 10.7. The fourth-order valence-corrected chi connectivity index (χ4v) is 5.01. The fraction of sp³-hybridized carbons (Fsp3) is 0.400. The second-order valence-corrected chi connectivity index (χ2v) is 9.41. The minimum atomic E-state index is -0.156. The van der Waals surface area contributed by atoms with E-state index in [-0.39, 0.29) is 17.9 Å². The molecule has 1 unspecified atom stereocenters. The summed E-state index contributed by atoms with van der Waals surface area (Å²) in [6.45, 7) is 1.72. The highest BCUT2D eigenvalue weighted by molar-refractivity contribution is 7.14. The standard InChI is InChI=1S/C25H31N5O2S/c1-28(2)23(31)14-6-7-15-29-16-8-13-22(29)24(32)27-25-26-20(18-33-25)21-12-9-17-30(21)19-10-4-3-5-11-19/h3-5,8,10-11,13,16,18,21H,6-7,9,12,14-15,17H2,1-2H3,(H,26,27,32). The van der Waals surface area contributed by atoms with Crippen LogP contribution >= 0.6 is 11.3 Å². The van der Waals surface area contributed by atoms with Crippen LogP contribution < -0.4 is 10.2 Å². The normalized spacial score (nSPS) is 15.6. The quantitative estimate of drug-likeness (QED) is 0.461. The zero-order valence-electron chi connectivity index (χ0n) is 19.2. The molecule has 1 aliphatic heterocycles. The molecule has 33 heavy (non-hydrogen) atoms. The predicted molar refractivity (Wildman–Crippen MR) is 133 cm³/mol. The first-order valence-electron chi connectivity index (χ1n) is 11.5. The average Bonchev–Trinajstić information content (AvgIpc) is 3.57. The van der Waals surface area contributed by atoms with E-state index in [2.05, 4.69) is 39.9 Å². The third-order valence-electron chi connectivity index (χ3n) is 6.03. The van der Waals surface area contributed by atoms with Crippen molar-refractivity contribution in [3.05, 3.63) is 65.4 Å². The van der Waals surface area contributed by atoms with Crippen molar-refractivity contribution in [3.63, 3.8) is 0 Å². The van der Waals surface area contributed by atoms with Crippen LogP contribution in [0.25, 0.3) is 0 Å². The van der Waals surface area contributed by atoms with E-state index in [1.807, 2.05) is 29.0 Å². The summed E-state index contributed by atoms with van der Waals surface area (Å²) in [5, 5.41) is 5.66. The smallest absolute Gasteiger partial charge is 0.274 e. The SMILES string of the molecule is CN(C)C(=O)CCCCn1cccc1C(=O)Nc1nc(C2CCCN2c2ccccc2)cs1.